The zero-order valence-electron chi connectivity index (χ0n) is 18.8. The Hall–Kier alpha value is -3.28. The molecular weight excluding hydrogens is 461 g/mol. The molecular formula is C24H23F3N6O2. The first-order valence-corrected chi connectivity index (χ1v) is 11.4. The molecule has 5 heterocycles. The van der Waals surface area contributed by atoms with Gasteiger partial charge in [0.05, 0.1) is 12.1 Å². The van der Waals surface area contributed by atoms with E-state index < -0.39 is 24.0 Å². The van der Waals surface area contributed by atoms with Crippen LogP contribution in [0.5, 0.6) is 5.75 Å². The molecule has 1 fully saturated rings. The second kappa shape index (κ2) is 7.87. The molecule has 0 radical (unpaired) electrons. The van der Waals surface area contributed by atoms with Crippen LogP contribution in [0.1, 0.15) is 24.9 Å². The highest BCUT2D eigenvalue weighted by Gasteiger charge is 2.50. The number of pyridine rings is 2. The highest BCUT2D eigenvalue weighted by atomic mass is 19.4. The Morgan fingerprint density at radius 2 is 2.03 bits per heavy atom. The second-order valence-electron chi connectivity index (χ2n) is 9.25. The first-order chi connectivity index (χ1) is 16.8. The number of hydrogen-bond donors (Lipinski definition) is 2. The lowest BCUT2D eigenvalue weighted by atomic mass is 9.99. The first-order valence-electron chi connectivity index (χ1n) is 11.4. The molecule has 3 unspecified atom stereocenters. The summed E-state index contributed by atoms with van der Waals surface area (Å²) in [4.78, 5) is 6.11. The van der Waals surface area contributed by atoms with E-state index in [0.717, 1.165) is 5.39 Å². The molecule has 0 aliphatic carbocycles. The zero-order chi connectivity index (χ0) is 24.4. The predicted octanol–water partition coefficient (Wildman–Crippen LogP) is 3.31. The minimum Gasteiger partial charge on any atom is -0.473 e. The van der Waals surface area contributed by atoms with Gasteiger partial charge in [0.25, 0.3) is 0 Å². The van der Waals surface area contributed by atoms with Gasteiger partial charge < -0.3 is 9.84 Å². The van der Waals surface area contributed by atoms with Gasteiger partial charge in [0.1, 0.15) is 29.2 Å². The Bertz CT molecular complexity index is 1420. The normalized spacial score (nSPS) is 26.7. The van der Waals surface area contributed by atoms with Crippen LogP contribution in [0, 0.1) is 0 Å². The number of nitrogens with one attached hydrogen (secondary N) is 1. The highest BCUT2D eigenvalue weighted by Crippen LogP contribution is 2.41. The van der Waals surface area contributed by atoms with Crippen LogP contribution in [0.2, 0.25) is 0 Å². The molecule has 2 aliphatic rings. The minimum absolute atomic E-state index is 0.00461. The van der Waals surface area contributed by atoms with E-state index in [-0.39, 0.29) is 25.3 Å². The van der Waals surface area contributed by atoms with Crippen molar-refractivity contribution in [2.75, 3.05) is 19.7 Å². The molecule has 2 N–H and O–H groups in total. The molecule has 2 aliphatic heterocycles. The number of halogens is 3. The number of benzene rings is 1. The van der Waals surface area contributed by atoms with Crippen molar-refractivity contribution >= 4 is 16.6 Å². The standard InChI is InChI=1S/C24H23F3N6O2/c1-14-29-23(13-34)9-10-32(12-23)21(24(25,26)27)16-6-8-19-30-31-22(33(19)11-16)17-7-5-15-3-2-4-18(35-14)20(15)28-17/h2-8,11,14,21,29,34H,9-10,12-13H2,1H3/t14?,21-,23?/m1/s1. The lowest BCUT2D eigenvalue weighted by Crippen LogP contribution is -2.56. The third-order valence-corrected chi connectivity index (χ3v) is 6.83. The van der Waals surface area contributed by atoms with Crippen molar-refractivity contribution in [1.82, 2.24) is 29.8 Å². The van der Waals surface area contributed by atoms with E-state index in [0.29, 0.717) is 34.9 Å². The predicted molar refractivity (Wildman–Crippen MR) is 122 cm³/mol. The smallest absolute Gasteiger partial charge is 0.408 e. The molecule has 3 aromatic heterocycles. The van der Waals surface area contributed by atoms with Gasteiger partial charge in [-0.1, -0.05) is 24.3 Å². The topological polar surface area (TPSA) is 87.8 Å². The maximum atomic E-state index is 14.4. The Balaban J connectivity index is 1.60. The number of aliphatic hydroxyl groups excluding tert-OH is 1. The molecule has 35 heavy (non-hydrogen) atoms. The Kier molecular flexibility index (Phi) is 4.99. The van der Waals surface area contributed by atoms with E-state index >= 15 is 0 Å². The number of para-hydroxylation sites is 1. The number of nitrogens with zero attached hydrogens (tertiary/aromatic N) is 5. The number of aromatic nitrogens is 4. The summed E-state index contributed by atoms with van der Waals surface area (Å²) in [5.74, 6) is 0.858. The van der Waals surface area contributed by atoms with Crippen LogP contribution < -0.4 is 10.1 Å². The Morgan fingerprint density at radius 1 is 1.17 bits per heavy atom. The Labute approximate surface area is 198 Å². The number of fused-ring (bicyclic) bond motifs is 5. The van der Waals surface area contributed by atoms with E-state index in [9.17, 15) is 18.3 Å². The molecule has 11 heteroatoms. The average Bonchev–Trinajstić information content (AvgIpc) is 3.42. The summed E-state index contributed by atoms with van der Waals surface area (Å²) in [7, 11) is 0. The van der Waals surface area contributed by atoms with Gasteiger partial charge in [-0.3, -0.25) is 14.6 Å². The molecule has 1 saturated heterocycles. The number of alkyl halides is 3. The molecule has 4 aromatic rings. The molecule has 4 atom stereocenters. The molecule has 6 bridgehead atoms. The number of ether oxygens (including phenoxy) is 1. The van der Waals surface area contributed by atoms with Crippen LogP contribution in [0.15, 0.2) is 48.7 Å². The summed E-state index contributed by atoms with van der Waals surface area (Å²) >= 11 is 0. The van der Waals surface area contributed by atoms with Gasteiger partial charge in [-0.2, -0.15) is 13.2 Å². The molecule has 1 aromatic carbocycles. The lowest BCUT2D eigenvalue weighted by Gasteiger charge is -2.35. The molecule has 182 valence electrons. The van der Waals surface area contributed by atoms with Crippen LogP contribution in [0.25, 0.3) is 28.1 Å². The maximum Gasteiger partial charge on any atom is 0.408 e. The fourth-order valence-electron chi connectivity index (χ4n) is 5.26. The van der Waals surface area contributed by atoms with Crippen LogP contribution in [-0.4, -0.2) is 67.2 Å². The highest BCUT2D eigenvalue weighted by molar-refractivity contribution is 5.86. The van der Waals surface area contributed by atoms with Crippen LogP contribution in [0.4, 0.5) is 13.2 Å². The van der Waals surface area contributed by atoms with Gasteiger partial charge in [-0.25, -0.2) is 4.98 Å². The third kappa shape index (κ3) is 3.70. The van der Waals surface area contributed by atoms with Gasteiger partial charge >= 0.3 is 6.18 Å². The van der Waals surface area contributed by atoms with Gasteiger partial charge in [-0.05, 0) is 37.1 Å². The maximum absolute atomic E-state index is 14.4. The van der Waals surface area contributed by atoms with Crippen molar-refractivity contribution < 1.29 is 23.0 Å². The largest absolute Gasteiger partial charge is 0.473 e. The van der Waals surface area contributed by atoms with Crippen molar-refractivity contribution in [3.63, 3.8) is 0 Å². The third-order valence-electron chi connectivity index (χ3n) is 6.83. The number of hydrogen-bond acceptors (Lipinski definition) is 7. The summed E-state index contributed by atoms with van der Waals surface area (Å²) in [5.41, 5.74) is 0.604. The van der Waals surface area contributed by atoms with Gasteiger partial charge in [0.15, 0.2) is 11.5 Å². The summed E-state index contributed by atoms with van der Waals surface area (Å²) in [6, 6.07) is 10.3. The van der Waals surface area contributed by atoms with E-state index in [1.165, 1.54) is 23.2 Å². The van der Waals surface area contributed by atoms with Crippen LogP contribution >= 0.6 is 0 Å². The SMILES string of the molecule is CC1NC2(CO)CCN(C2)[C@@H](C(F)(F)F)c2ccc3nnc(n3c2)-c2ccc3cccc(c3n2)O1. The monoisotopic (exact) mass is 484 g/mol. The van der Waals surface area contributed by atoms with Gasteiger partial charge in [0, 0.05) is 24.7 Å². The second-order valence-corrected chi connectivity index (χ2v) is 9.25. The minimum atomic E-state index is -4.53. The van der Waals surface area contributed by atoms with E-state index in [1.807, 2.05) is 18.2 Å². The number of aliphatic hydroxyl groups is 1. The molecule has 6 rings (SSSR count). The van der Waals surface area contributed by atoms with Gasteiger partial charge in [0.2, 0.25) is 0 Å². The fourth-order valence-corrected chi connectivity index (χ4v) is 5.26. The van der Waals surface area contributed by atoms with Crippen LogP contribution in [0.3, 0.4) is 0 Å². The molecule has 0 saturated carbocycles. The van der Waals surface area contributed by atoms with E-state index in [4.69, 9.17) is 9.72 Å². The van der Waals surface area contributed by atoms with Crippen molar-refractivity contribution in [3.05, 3.63) is 54.2 Å². The van der Waals surface area contributed by atoms with Crippen molar-refractivity contribution in [2.45, 2.75) is 37.3 Å². The molecule has 8 nitrogen and oxygen atoms in total. The lowest BCUT2D eigenvalue weighted by molar-refractivity contribution is -0.184. The van der Waals surface area contributed by atoms with Crippen LogP contribution in [-0.2, 0) is 0 Å². The Morgan fingerprint density at radius 3 is 2.83 bits per heavy atom. The quantitative estimate of drug-likeness (QED) is 0.429. The average molecular weight is 484 g/mol. The van der Waals surface area contributed by atoms with E-state index in [1.54, 1.807) is 23.5 Å². The van der Waals surface area contributed by atoms with Crippen molar-refractivity contribution in [1.29, 1.82) is 0 Å². The van der Waals surface area contributed by atoms with Crippen molar-refractivity contribution in [2.24, 2.45) is 0 Å². The van der Waals surface area contributed by atoms with E-state index in [2.05, 4.69) is 15.5 Å². The zero-order valence-corrected chi connectivity index (χ0v) is 18.8. The summed E-state index contributed by atoms with van der Waals surface area (Å²) in [6.07, 6.45) is -3.35. The molecule has 0 spiro atoms. The first kappa shape index (κ1) is 22.2. The summed E-state index contributed by atoms with van der Waals surface area (Å²) in [6.45, 7) is 1.61. The summed E-state index contributed by atoms with van der Waals surface area (Å²) in [5, 5.41) is 22.7. The number of rotatable bonds is 1. The summed E-state index contributed by atoms with van der Waals surface area (Å²) < 4.78 is 51.0. The molecule has 0 amide bonds. The van der Waals surface area contributed by atoms with Crippen molar-refractivity contribution in [3.8, 4) is 17.3 Å². The van der Waals surface area contributed by atoms with Gasteiger partial charge in [-0.15, -0.1) is 10.2 Å². The fraction of sp³-hybridized carbons (Fsp3) is 0.375.